The number of hydrogen-bond donors (Lipinski definition) is 2. The number of carbonyl (C=O) groups is 4. The summed E-state index contributed by atoms with van der Waals surface area (Å²) in [6.45, 7) is 2.25. The van der Waals surface area contributed by atoms with Gasteiger partial charge >= 0.3 is 18.2 Å². The minimum Gasteiger partial charge on any atom is -0.467 e. The average Bonchev–Trinajstić information content (AvgIpc) is 3.67. The van der Waals surface area contributed by atoms with E-state index < -0.39 is 52.9 Å². The fraction of sp³-hybridized carbons (Fsp3) is 0.615. The molecule has 3 aliphatic rings. The van der Waals surface area contributed by atoms with Crippen molar-refractivity contribution in [2.24, 2.45) is 5.41 Å². The molecule has 1 aromatic rings. The SMILES string of the molecule is COC(=O)C(CCC(=O)N1CCC2(CC2)C(O)C1)N1CCN(C(=O)Nc2ccc(C(F)(F)F)c(Cl)c2)C(C)C1=O. The van der Waals surface area contributed by atoms with Crippen molar-refractivity contribution in [3.05, 3.63) is 28.8 Å². The van der Waals surface area contributed by atoms with Gasteiger partial charge in [0.25, 0.3) is 0 Å². The lowest BCUT2D eigenvalue weighted by Gasteiger charge is -2.42. The van der Waals surface area contributed by atoms with Gasteiger partial charge in [0, 0.05) is 38.3 Å². The minimum atomic E-state index is -4.65. The number of carbonyl (C=O) groups excluding carboxylic acids is 4. The summed E-state index contributed by atoms with van der Waals surface area (Å²) in [6.07, 6.45) is -2.58. The van der Waals surface area contributed by atoms with Crippen LogP contribution in [0, 0.1) is 5.41 Å². The van der Waals surface area contributed by atoms with Crippen LogP contribution in [0.25, 0.3) is 0 Å². The molecule has 1 aromatic carbocycles. The van der Waals surface area contributed by atoms with Gasteiger partial charge in [-0.3, -0.25) is 9.59 Å². The largest absolute Gasteiger partial charge is 0.467 e. The number of hydrogen-bond acceptors (Lipinski definition) is 6. The summed E-state index contributed by atoms with van der Waals surface area (Å²) in [4.78, 5) is 55.7. The molecule has 40 heavy (non-hydrogen) atoms. The molecular formula is C26H32ClF3N4O6. The quantitative estimate of drug-likeness (QED) is 0.493. The summed E-state index contributed by atoms with van der Waals surface area (Å²) >= 11 is 5.73. The van der Waals surface area contributed by atoms with E-state index in [2.05, 4.69) is 5.32 Å². The van der Waals surface area contributed by atoms with E-state index in [1.165, 1.54) is 23.8 Å². The van der Waals surface area contributed by atoms with Crippen molar-refractivity contribution in [2.45, 2.75) is 63.4 Å². The van der Waals surface area contributed by atoms with Gasteiger partial charge in [-0.05, 0) is 56.2 Å². The van der Waals surface area contributed by atoms with Crippen LogP contribution in [-0.4, -0.2) is 95.1 Å². The van der Waals surface area contributed by atoms with Gasteiger partial charge in [-0.15, -0.1) is 0 Å². The molecule has 0 bridgehead atoms. The smallest absolute Gasteiger partial charge is 0.417 e. The number of halogens is 4. The highest BCUT2D eigenvalue weighted by atomic mass is 35.5. The normalized spacial score (nSPS) is 23.2. The number of urea groups is 1. The van der Waals surface area contributed by atoms with Gasteiger partial charge in [0.1, 0.15) is 12.1 Å². The first-order chi connectivity index (χ1) is 18.8. The van der Waals surface area contributed by atoms with Crippen molar-refractivity contribution in [3.8, 4) is 0 Å². The highest BCUT2D eigenvalue weighted by molar-refractivity contribution is 6.31. The van der Waals surface area contributed by atoms with E-state index in [9.17, 15) is 37.5 Å². The number of methoxy groups -OCH3 is 1. The molecule has 0 radical (unpaired) electrons. The van der Waals surface area contributed by atoms with Crippen LogP contribution in [0.4, 0.5) is 23.7 Å². The Bertz CT molecular complexity index is 1180. The Labute approximate surface area is 234 Å². The number of aliphatic hydroxyl groups excluding tert-OH is 1. The monoisotopic (exact) mass is 588 g/mol. The lowest BCUT2D eigenvalue weighted by Crippen LogP contribution is -2.62. The summed E-state index contributed by atoms with van der Waals surface area (Å²) in [5.74, 6) is -1.46. The number of anilines is 1. The number of nitrogens with zero attached hydrogens (tertiary/aromatic N) is 3. The molecule has 3 unspecified atom stereocenters. The molecule has 2 saturated heterocycles. The number of ether oxygens (including phenoxy) is 1. The van der Waals surface area contributed by atoms with Gasteiger partial charge in [0.15, 0.2) is 0 Å². The van der Waals surface area contributed by atoms with Gasteiger partial charge < -0.3 is 29.9 Å². The molecule has 2 aliphatic heterocycles. The number of β-amino-alcohol motifs (C(OH)–C–C–N with tert-alkyl or cyclic N) is 1. The Balaban J connectivity index is 1.36. The molecule has 1 aliphatic carbocycles. The maximum atomic E-state index is 13.3. The zero-order valence-corrected chi connectivity index (χ0v) is 22.9. The Morgan fingerprint density at radius 1 is 1.20 bits per heavy atom. The summed E-state index contributed by atoms with van der Waals surface area (Å²) < 4.78 is 43.8. The van der Waals surface area contributed by atoms with Crippen molar-refractivity contribution in [2.75, 3.05) is 38.6 Å². The number of esters is 1. The third kappa shape index (κ3) is 6.14. The molecule has 2 N–H and O–H groups in total. The lowest BCUT2D eigenvalue weighted by molar-refractivity contribution is -0.157. The molecule has 0 aromatic heterocycles. The van der Waals surface area contributed by atoms with Crippen LogP contribution in [0.1, 0.15) is 44.6 Å². The molecule has 1 saturated carbocycles. The van der Waals surface area contributed by atoms with Crippen LogP contribution in [0.3, 0.4) is 0 Å². The minimum absolute atomic E-state index is 0.0119. The highest BCUT2D eigenvalue weighted by Crippen LogP contribution is 2.53. The Hall–Kier alpha value is -3.06. The number of aliphatic hydroxyl groups is 1. The van der Waals surface area contributed by atoms with Crippen molar-refractivity contribution in [3.63, 3.8) is 0 Å². The molecule has 1 spiro atoms. The molecule has 3 fully saturated rings. The number of amides is 4. The number of piperidine rings is 1. The van der Waals surface area contributed by atoms with Crippen molar-refractivity contribution < 1.29 is 42.2 Å². The number of nitrogens with one attached hydrogen (secondary N) is 1. The average molecular weight is 589 g/mol. The predicted octanol–water partition coefficient (Wildman–Crippen LogP) is 3.12. The van der Waals surface area contributed by atoms with E-state index in [4.69, 9.17) is 16.3 Å². The first-order valence-corrected chi connectivity index (χ1v) is 13.4. The van der Waals surface area contributed by atoms with Crippen LogP contribution < -0.4 is 5.32 Å². The van der Waals surface area contributed by atoms with Crippen LogP contribution in [0.5, 0.6) is 0 Å². The van der Waals surface area contributed by atoms with Gasteiger partial charge in [0.05, 0.1) is 23.8 Å². The number of rotatable bonds is 6. The molecule has 2 heterocycles. The van der Waals surface area contributed by atoms with Crippen LogP contribution in [-0.2, 0) is 25.3 Å². The van der Waals surface area contributed by atoms with Gasteiger partial charge in [-0.2, -0.15) is 13.2 Å². The Kier molecular flexibility index (Phi) is 8.55. The van der Waals surface area contributed by atoms with E-state index in [1.54, 1.807) is 4.90 Å². The molecule has 4 amide bonds. The number of benzene rings is 1. The molecular weight excluding hydrogens is 557 g/mol. The van der Waals surface area contributed by atoms with Crippen LogP contribution >= 0.6 is 11.6 Å². The van der Waals surface area contributed by atoms with Gasteiger partial charge in [0.2, 0.25) is 11.8 Å². The number of piperazine rings is 1. The maximum absolute atomic E-state index is 13.3. The molecule has 14 heteroatoms. The second-order valence-electron chi connectivity index (χ2n) is 10.6. The van der Waals surface area contributed by atoms with Crippen LogP contribution in [0.15, 0.2) is 18.2 Å². The third-order valence-electron chi connectivity index (χ3n) is 8.18. The second-order valence-corrected chi connectivity index (χ2v) is 11.0. The lowest BCUT2D eigenvalue weighted by atomic mass is 9.90. The first-order valence-electron chi connectivity index (χ1n) is 13.1. The topological polar surface area (TPSA) is 119 Å². The van der Waals surface area contributed by atoms with Gasteiger partial charge in [-0.1, -0.05) is 11.6 Å². The summed E-state index contributed by atoms with van der Waals surface area (Å²) in [5.41, 5.74) is -1.08. The fourth-order valence-electron chi connectivity index (χ4n) is 5.44. The molecule has 3 atom stereocenters. The van der Waals surface area contributed by atoms with Crippen molar-refractivity contribution >= 4 is 41.1 Å². The van der Waals surface area contributed by atoms with Crippen LogP contribution in [0.2, 0.25) is 5.02 Å². The fourth-order valence-corrected chi connectivity index (χ4v) is 5.73. The third-order valence-corrected chi connectivity index (χ3v) is 8.49. The van der Waals surface area contributed by atoms with Crippen molar-refractivity contribution in [1.29, 1.82) is 0 Å². The van der Waals surface area contributed by atoms with E-state index in [-0.39, 0.29) is 49.5 Å². The summed E-state index contributed by atoms with van der Waals surface area (Å²) in [5, 5.41) is 12.3. The summed E-state index contributed by atoms with van der Waals surface area (Å²) in [7, 11) is 1.18. The number of alkyl halides is 3. The standard InChI is InChI=1S/C26H32ClF3N4O6/c1-15-22(37)34(12-11-33(15)24(39)31-16-3-4-17(18(27)13-16)26(28,29)30)19(23(38)40-2)5-6-21(36)32-10-9-25(7-8-25)20(35)14-32/h3-4,13,15,19-20,35H,5-12,14H2,1-2H3,(H,31,39). The summed E-state index contributed by atoms with van der Waals surface area (Å²) in [6, 6.07) is 0.00691. The van der Waals surface area contributed by atoms with Gasteiger partial charge in [-0.25, -0.2) is 9.59 Å². The first kappa shape index (κ1) is 29.9. The molecule has 10 nitrogen and oxygen atoms in total. The zero-order valence-electron chi connectivity index (χ0n) is 22.2. The molecule has 220 valence electrons. The maximum Gasteiger partial charge on any atom is 0.417 e. The Morgan fingerprint density at radius 3 is 2.48 bits per heavy atom. The van der Waals surface area contributed by atoms with Crippen molar-refractivity contribution in [1.82, 2.24) is 14.7 Å². The zero-order chi connectivity index (χ0) is 29.4. The molecule has 4 rings (SSSR count). The number of likely N-dealkylation sites (tertiary alicyclic amines) is 1. The van der Waals surface area contributed by atoms with E-state index in [0.717, 1.165) is 37.5 Å². The highest BCUT2D eigenvalue weighted by Gasteiger charge is 2.52. The predicted molar refractivity (Wildman–Crippen MR) is 137 cm³/mol. The Morgan fingerprint density at radius 2 is 1.90 bits per heavy atom. The van der Waals surface area contributed by atoms with E-state index in [1.807, 2.05) is 0 Å². The van der Waals surface area contributed by atoms with E-state index >= 15 is 0 Å². The second kappa shape index (κ2) is 11.4. The van der Waals surface area contributed by atoms with E-state index in [0.29, 0.717) is 6.54 Å².